The van der Waals surface area contributed by atoms with E-state index in [0.717, 1.165) is 0 Å². The Hall–Kier alpha value is -0.800. The van der Waals surface area contributed by atoms with Gasteiger partial charge in [-0.1, -0.05) is 22.3 Å². The van der Waals surface area contributed by atoms with Crippen LogP contribution in [0.4, 0.5) is 0 Å². The van der Waals surface area contributed by atoms with Gasteiger partial charge in [-0.2, -0.15) is 0 Å². The molecule has 0 saturated heterocycles. The second-order valence-electron chi connectivity index (χ2n) is 0. The molecule has 15 heavy (non-hydrogen) atoms. The van der Waals surface area contributed by atoms with E-state index in [4.69, 9.17) is 41.5 Å². The van der Waals surface area contributed by atoms with Crippen molar-refractivity contribution in [3.8, 4) is 0 Å². The van der Waals surface area contributed by atoms with Crippen molar-refractivity contribution in [3.05, 3.63) is 16.6 Å². The summed E-state index contributed by atoms with van der Waals surface area (Å²) in [5.41, 5.74) is 0. The Morgan fingerprint density at radius 1 is 0.933 bits per heavy atom. The molecule has 0 aromatic heterocycles. The van der Waals surface area contributed by atoms with Gasteiger partial charge in [-0.15, -0.1) is 0 Å². The van der Waals surface area contributed by atoms with Gasteiger partial charge in [0.05, 0.1) is 0 Å². The summed E-state index contributed by atoms with van der Waals surface area (Å²) in [6.45, 7) is 4.50. The van der Waals surface area contributed by atoms with E-state index in [9.17, 15) is 0 Å². The van der Waals surface area contributed by atoms with Crippen LogP contribution in [0.15, 0.2) is 0 Å². The van der Waals surface area contributed by atoms with Crippen LogP contribution in [0.2, 0.25) is 0 Å². The second-order valence-corrected chi connectivity index (χ2v) is 0. The molecule has 8 N–H and O–H groups in total. The van der Waals surface area contributed by atoms with Gasteiger partial charge in [-0.3, -0.25) is 25.6 Å². The molecule has 0 saturated carbocycles. The molecule has 0 aliphatic heterocycles. The zero-order valence-electron chi connectivity index (χ0n) is 6.37. The molecule has 11 heteroatoms. The fourth-order valence-electron chi connectivity index (χ4n) is 0. The number of hydrogen-bond donors (Lipinski definition) is 4. The molecule has 0 fully saturated rings. The molecule has 0 spiro atoms. The molecule has 10 nitrogen and oxygen atoms in total. The molecular weight excluding hydrogens is 239 g/mol. The first-order valence-corrected chi connectivity index (χ1v) is 1.32. The van der Waals surface area contributed by atoms with Crippen molar-refractivity contribution in [1.82, 2.24) is 0 Å². The Labute approximate surface area is 91.5 Å². The first-order chi connectivity index (χ1) is 5.41. The summed E-state index contributed by atoms with van der Waals surface area (Å²) in [6.07, 6.45) is 0. The molecule has 0 heterocycles. The summed E-state index contributed by atoms with van der Waals surface area (Å²) < 4.78 is 21.7. The SMILES string of the molecule is C.C.C.O.O.O=O.OO.OO.[2H]P=O.[C-]#[O+]. The Balaban J connectivity index is -0.00000000330. The Bertz CT molecular complexity index is 55.3. The van der Waals surface area contributed by atoms with Gasteiger partial charge in [-0.25, -0.2) is 0 Å². The van der Waals surface area contributed by atoms with E-state index in [2.05, 4.69) is 6.65 Å². The van der Waals surface area contributed by atoms with Gasteiger partial charge in [0.2, 0.25) is 0 Å². The van der Waals surface area contributed by atoms with Gasteiger partial charge in [0, 0.05) is 9.93 Å². The summed E-state index contributed by atoms with van der Waals surface area (Å²) >= 11 is 0. The molecular formula is C4H21O10P. The van der Waals surface area contributed by atoms with Gasteiger partial charge in [0.15, 0.2) is 0 Å². The molecule has 102 valence electrons. The van der Waals surface area contributed by atoms with Crippen LogP contribution in [-0.2, 0) is 9.22 Å². The van der Waals surface area contributed by atoms with Crippen LogP contribution < -0.4 is 0 Å². The van der Waals surface area contributed by atoms with Crippen molar-refractivity contribution in [3.63, 3.8) is 0 Å². The molecule has 0 aliphatic rings. The van der Waals surface area contributed by atoms with E-state index in [-0.39, 0.29) is 33.2 Å². The van der Waals surface area contributed by atoms with Crippen molar-refractivity contribution < 1.29 is 41.2 Å². The molecule has 0 aromatic rings. The zero-order valence-corrected chi connectivity index (χ0v) is 6.26. The Kier molecular flexibility index (Phi) is 18700. The van der Waals surface area contributed by atoms with Crippen LogP contribution >= 0.6 is 9.06 Å². The van der Waals surface area contributed by atoms with Crippen molar-refractivity contribution in [2.45, 2.75) is 22.3 Å². The quantitative estimate of drug-likeness (QED) is 0.161. The maximum atomic E-state index is 8.57. The van der Waals surface area contributed by atoms with Crippen LogP contribution in [0, 0.1) is 16.6 Å². The van der Waals surface area contributed by atoms with Crippen molar-refractivity contribution in [2.75, 3.05) is 0 Å². The number of hydrogen-bond acceptors (Lipinski definition) is 7. The molecule has 0 amide bonds. The normalized spacial score (nSPS) is 2.67. The van der Waals surface area contributed by atoms with Gasteiger partial charge in [-0.05, 0) is 0 Å². The van der Waals surface area contributed by atoms with E-state index in [1.807, 2.05) is 0 Å². The first-order valence-electron chi connectivity index (χ1n) is 1.40. The average Bonchev–Trinajstić information content (AvgIpc) is 2.18. The zero-order chi connectivity index (χ0) is 10.7. The maximum absolute atomic E-state index is 8.57. The molecule has 0 aromatic carbocycles. The molecule has 0 radical (unpaired) electrons. The third kappa shape index (κ3) is 2590. The number of rotatable bonds is 0. The summed E-state index contributed by atoms with van der Waals surface area (Å²) in [5, 5.41) is 24.0. The van der Waals surface area contributed by atoms with E-state index < -0.39 is 9.06 Å². The third-order valence-corrected chi connectivity index (χ3v) is 0. The second kappa shape index (κ2) is 3070. The summed E-state index contributed by atoms with van der Waals surface area (Å²) in [4.78, 5) is 14.0. The van der Waals surface area contributed by atoms with Crippen LogP contribution in [0.1, 0.15) is 22.3 Å². The predicted molar refractivity (Wildman–Crippen MR) is 57.6 cm³/mol. The van der Waals surface area contributed by atoms with E-state index in [1.165, 1.54) is 0 Å². The van der Waals surface area contributed by atoms with Crippen molar-refractivity contribution >= 4 is 9.06 Å². The van der Waals surface area contributed by atoms with E-state index in [0.29, 0.717) is 0 Å². The van der Waals surface area contributed by atoms with Gasteiger partial charge < -0.3 is 11.0 Å². The molecule has 0 aliphatic carbocycles. The average molecular weight is 261 g/mol. The topological polar surface area (TPSA) is 215 Å². The van der Waals surface area contributed by atoms with E-state index >= 15 is 0 Å². The fourth-order valence-corrected chi connectivity index (χ4v) is 0. The predicted octanol–water partition coefficient (Wildman–Crippen LogP) is 0.798. The minimum atomic E-state index is -0.583. The summed E-state index contributed by atoms with van der Waals surface area (Å²) in [7, 11) is -0.583. The van der Waals surface area contributed by atoms with Crippen molar-refractivity contribution in [2.24, 2.45) is 0 Å². The minimum absolute atomic E-state index is 0. The summed E-state index contributed by atoms with van der Waals surface area (Å²) in [6, 6.07) is 0. The van der Waals surface area contributed by atoms with Gasteiger partial charge in [0.1, 0.15) is 10.3 Å². The van der Waals surface area contributed by atoms with Crippen LogP contribution in [0.5, 0.6) is 0 Å². The Morgan fingerprint density at radius 2 is 0.933 bits per heavy atom. The molecule has 0 bridgehead atoms. The Morgan fingerprint density at radius 3 is 0.933 bits per heavy atom. The monoisotopic (exact) mass is 261 g/mol. The molecule has 0 rings (SSSR count). The van der Waals surface area contributed by atoms with Crippen LogP contribution in [0.3, 0.4) is 0 Å². The standard InChI is InChI=1S/CO.3CH4.2H2O2.O2.HOP.2H2O/c1-2;;;;4*1-2;;/h;3*1H4;2*1-2H;;2H;2*1H2/i;;;;;;;2D;;. The third-order valence-electron chi connectivity index (χ3n) is 0. The van der Waals surface area contributed by atoms with Crippen molar-refractivity contribution in [1.29, 1.82) is 1.28 Å². The van der Waals surface area contributed by atoms with E-state index in [1.54, 1.807) is 0 Å². The molecule has 0 atom stereocenters. The van der Waals surface area contributed by atoms with Gasteiger partial charge >= 0.3 is 11.3 Å². The fraction of sp³-hybridized carbons (Fsp3) is 0.750. The van der Waals surface area contributed by atoms with Crippen LogP contribution in [-0.4, -0.2) is 33.3 Å². The van der Waals surface area contributed by atoms with Crippen LogP contribution in [0.25, 0.3) is 0 Å². The van der Waals surface area contributed by atoms with Gasteiger partial charge in [0.25, 0.3) is 0 Å². The summed E-state index contributed by atoms with van der Waals surface area (Å²) in [5.74, 6) is 0. The first kappa shape index (κ1) is 91.5. The molecule has 0 unspecified atom stereocenters.